The number of sulfonamides is 1. The van der Waals surface area contributed by atoms with E-state index in [1.165, 1.54) is 28.1 Å². The third kappa shape index (κ3) is 5.66. The van der Waals surface area contributed by atoms with E-state index in [0.29, 0.717) is 28.6 Å². The minimum absolute atomic E-state index is 0.0802. The van der Waals surface area contributed by atoms with Crippen molar-refractivity contribution in [2.75, 3.05) is 18.1 Å². The topological polar surface area (TPSA) is 151 Å². The molecule has 2 amide bonds. The minimum atomic E-state index is -4.34. The Bertz CT molecular complexity index is 1890. The Kier molecular flexibility index (Phi) is 8.63. The van der Waals surface area contributed by atoms with Crippen molar-refractivity contribution in [1.29, 1.82) is 0 Å². The van der Waals surface area contributed by atoms with Crippen LogP contribution in [0.2, 0.25) is 10.0 Å². The Morgan fingerprint density at radius 1 is 1.09 bits per heavy atom. The molecule has 4 heterocycles. The van der Waals surface area contributed by atoms with Crippen LogP contribution in [0.3, 0.4) is 0 Å². The summed E-state index contributed by atoms with van der Waals surface area (Å²) in [6.07, 6.45) is 6.96. The number of aliphatic hydroxyl groups excluding tert-OH is 1. The van der Waals surface area contributed by atoms with E-state index >= 15 is 0 Å². The number of amides is 2. The highest BCUT2D eigenvalue weighted by molar-refractivity contribution is 7.89. The van der Waals surface area contributed by atoms with Crippen molar-refractivity contribution in [3.8, 4) is 11.1 Å². The van der Waals surface area contributed by atoms with Crippen molar-refractivity contribution in [3.63, 3.8) is 0 Å². The molecule has 15 heteroatoms. The maximum Gasteiger partial charge on any atom is 0.261 e. The van der Waals surface area contributed by atoms with Gasteiger partial charge in [0.05, 0.1) is 18.5 Å². The molecule has 0 radical (unpaired) electrons. The van der Waals surface area contributed by atoms with Gasteiger partial charge in [0, 0.05) is 47.0 Å². The molecule has 6 rings (SSSR count). The van der Waals surface area contributed by atoms with Gasteiger partial charge in [-0.05, 0) is 56.0 Å². The zero-order valence-corrected chi connectivity index (χ0v) is 27.3. The molecule has 0 bridgehead atoms. The molecule has 4 aromatic rings. The second-order valence-electron chi connectivity index (χ2n) is 11.6. The average Bonchev–Trinajstić information content (AvgIpc) is 3.75. The predicted molar refractivity (Wildman–Crippen MR) is 172 cm³/mol. The number of halogens is 2. The highest BCUT2D eigenvalue weighted by Crippen LogP contribution is 2.45. The van der Waals surface area contributed by atoms with Gasteiger partial charge in [-0.1, -0.05) is 47.5 Å². The van der Waals surface area contributed by atoms with Crippen LogP contribution in [0.5, 0.6) is 0 Å². The number of nitrogens with zero attached hydrogens (tertiary/aromatic N) is 6. The fourth-order valence-corrected chi connectivity index (χ4v) is 8.43. The monoisotopic (exact) mass is 683 g/mol. The van der Waals surface area contributed by atoms with Gasteiger partial charge in [-0.3, -0.25) is 14.2 Å². The Morgan fingerprint density at radius 3 is 2.41 bits per heavy atom. The molecular formula is C31H31Cl2N7O5S. The Morgan fingerprint density at radius 2 is 1.76 bits per heavy atom. The molecule has 2 aromatic carbocycles. The van der Waals surface area contributed by atoms with Gasteiger partial charge < -0.3 is 10.4 Å². The second kappa shape index (κ2) is 12.4. The van der Waals surface area contributed by atoms with E-state index < -0.39 is 39.5 Å². The highest BCUT2D eigenvalue weighted by Gasteiger charge is 2.53. The lowest BCUT2D eigenvalue weighted by molar-refractivity contribution is -0.125. The lowest BCUT2D eigenvalue weighted by Gasteiger charge is -2.29. The van der Waals surface area contributed by atoms with Crippen LogP contribution in [0, 0.1) is 0 Å². The van der Waals surface area contributed by atoms with E-state index in [9.17, 15) is 23.1 Å². The van der Waals surface area contributed by atoms with E-state index in [0.717, 1.165) is 21.0 Å². The van der Waals surface area contributed by atoms with Crippen LogP contribution < -0.4 is 10.2 Å². The van der Waals surface area contributed by atoms with Crippen LogP contribution in [0.15, 0.2) is 72.4 Å². The number of carbonyl (C=O) groups excluding carboxylic acids is 2. The van der Waals surface area contributed by atoms with Crippen molar-refractivity contribution in [1.82, 2.24) is 29.1 Å². The Labute approximate surface area is 276 Å². The molecule has 2 aliphatic heterocycles. The summed E-state index contributed by atoms with van der Waals surface area (Å²) in [5, 5.41) is 12.5. The van der Waals surface area contributed by atoms with Crippen molar-refractivity contribution < 1.29 is 23.1 Å². The van der Waals surface area contributed by atoms with Crippen LogP contribution in [-0.2, 0) is 31.6 Å². The first-order valence-electron chi connectivity index (χ1n) is 14.6. The number of imidazole rings is 1. The third-order valence-electron chi connectivity index (χ3n) is 8.31. The van der Waals surface area contributed by atoms with Gasteiger partial charge in [-0.2, -0.15) is 4.31 Å². The molecule has 2 aromatic heterocycles. The number of anilines is 2. The summed E-state index contributed by atoms with van der Waals surface area (Å²) in [6.45, 7) is 3.12. The van der Waals surface area contributed by atoms with Gasteiger partial charge in [-0.25, -0.2) is 28.3 Å². The smallest absolute Gasteiger partial charge is 0.261 e. The average molecular weight is 685 g/mol. The van der Waals surface area contributed by atoms with Crippen molar-refractivity contribution in [2.24, 2.45) is 0 Å². The van der Waals surface area contributed by atoms with Gasteiger partial charge in [-0.15, -0.1) is 0 Å². The summed E-state index contributed by atoms with van der Waals surface area (Å²) in [5.74, 6) is -0.850. The van der Waals surface area contributed by atoms with Crippen molar-refractivity contribution >= 4 is 56.7 Å². The SMILES string of the molecule is C[C@H](CO)NC(=O)[C@@H]1CCCN1S(=O)(=O)c1cnc2n1[C@](C)(Cc1ccc(-c3cncnc3)cc1)C(=O)N2c1cc(Cl)cc(Cl)c1. The molecule has 240 valence electrons. The van der Waals surface area contributed by atoms with Crippen LogP contribution in [-0.4, -0.2) is 74.4 Å². The molecule has 0 aliphatic carbocycles. The fourth-order valence-electron chi connectivity index (χ4n) is 6.07. The first-order valence-corrected chi connectivity index (χ1v) is 16.8. The van der Waals surface area contributed by atoms with Crippen molar-refractivity contribution in [2.45, 2.75) is 55.8 Å². The van der Waals surface area contributed by atoms with Crippen LogP contribution in [0.1, 0.15) is 32.3 Å². The minimum Gasteiger partial charge on any atom is -0.394 e. The molecule has 1 fully saturated rings. The number of aromatic nitrogens is 4. The van der Waals surface area contributed by atoms with Crippen LogP contribution in [0.4, 0.5) is 11.6 Å². The van der Waals surface area contributed by atoms with Gasteiger partial charge in [0.2, 0.25) is 11.9 Å². The Balaban J connectivity index is 1.43. The summed E-state index contributed by atoms with van der Waals surface area (Å²) in [7, 11) is -4.34. The molecule has 3 atom stereocenters. The summed E-state index contributed by atoms with van der Waals surface area (Å²) in [6, 6.07) is 10.6. The first-order chi connectivity index (χ1) is 21.9. The third-order valence-corrected chi connectivity index (χ3v) is 10.6. The Hall–Kier alpha value is -3.88. The molecule has 46 heavy (non-hydrogen) atoms. The predicted octanol–water partition coefficient (Wildman–Crippen LogP) is 3.93. The van der Waals surface area contributed by atoms with Crippen molar-refractivity contribution in [3.05, 3.63) is 83.0 Å². The number of hydrogen-bond donors (Lipinski definition) is 2. The van der Waals surface area contributed by atoms with E-state index in [1.54, 1.807) is 38.4 Å². The largest absolute Gasteiger partial charge is 0.394 e. The van der Waals surface area contributed by atoms with E-state index in [1.807, 2.05) is 24.3 Å². The highest BCUT2D eigenvalue weighted by atomic mass is 35.5. The molecule has 12 nitrogen and oxygen atoms in total. The molecule has 0 saturated carbocycles. The molecule has 2 N–H and O–H groups in total. The molecule has 0 spiro atoms. The lowest BCUT2D eigenvalue weighted by Crippen LogP contribution is -2.49. The summed E-state index contributed by atoms with van der Waals surface area (Å²) in [5.41, 5.74) is 1.34. The normalized spacial score (nSPS) is 20.6. The van der Waals surface area contributed by atoms with Gasteiger partial charge in [0.25, 0.3) is 15.9 Å². The molecular weight excluding hydrogens is 653 g/mol. The molecule has 2 aliphatic rings. The number of hydrogen-bond acceptors (Lipinski definition) is 8. The van der Waals surface area contributed by atoms with Gasteiger partial charge >= 0.3 is 0 Å². The number of rotatable bonds is 9. The standard InChI is InChI=1S/C31H31Cl2N7O5S/c1-19(17-41)37-28(42)26-4-3-9-38(26)46(44,45)27-16-36-30-39(25-11-23(32)10-24(33)12-25)29(43)31(2,40(27)30)13-20-5-7-21(8-6-20)22-14-34-18-35-15-22/h5-8,10-12,14-16,18-19,26,41H,3-4,9,13,17H2,1-2H3,(H,37,42)/t19-,26+,31-/m1/s1. The summed E-state index contributed by atoms with van der Waals surface area (Å²) < 4.78 is 31.3. The maximum absolute atomic E-state index is 14.5. The zero-order chi connectivity index (χ0) is 32.8. The number of fused-ring (bicyclic) bond motifs is 1. The van der Waals surface area contributed by atoms with E-state index in [-0.39, 0.29) is 30.5 Å². The number of benzene rings is 2. The quantitative estimate of drug-likeness (QED) is 0.269. The van der Waals surface area contributed by atoms with Crippen LogP contribution >= 0.6 is 23.2 Å². The zero-order valence-electron chi connectivity index (χ0n) is 25.0. The van der Waals surface area contributed by atoms with E-state index in [4.69, 9.17) is 23.2 Å². The van der Waals surface area contributed by atoms with Crippen LogP contribution in [0.25, 0.3) is 11.1 Å². The first kappa shape index (κ1) is 32.1. The number of carbonyl (C=O) groups is 2. The summed E-state index contributed by atoms with van der Waals surface area (Å²) in [4.78, 5) is 41.4. The second-order valence-corrected chi connectivity index (χ2v) is 14.4. The molecule has 0 unspecified atom stereocenters. The number of aliphatic hydroxyl groups is 1. The van der Waals surface area contributed by atoms with Gasteiger partial charge in [0.15, 0.2) is 5.03 Å². The van der Waals surface area contributed by atoms with E-state index in [2.05, 4.69) is 20.3 Å². The maximum atomic E-state index is 14.5. The summed E-state index contributed by atoms with van der Waals surface area (Å²) >= 11 is 12.6. The van der Waals surface area contributed by atoms with Gasteiger partial charge in [0.1, 0.15) is 17.9 Å². The number of nitrogens with one attached hydrogen (secondary N) is 1. The fraction of sp³-hybridized carbons (Fsp3) is 0.323. The lowest BCUT2D eigenvalue weighted by atomic mass is 9.91. The molecule has 1 saturated heterocycles.